The molecule has 0 bridgehead atoms. The Hall–Kier alpha value is -3.03. The summed E-state index contributed by atoms with van der Waals surface area (Å²) in [6.07, 6.45) is 4.35. The number of carbonyl (C=O) groups is 2. The SMILES string of the molecule is CC[C@H]1CC[C@@](NC(=O)c2cnc(OC)c(-c3cc(F)cc(F)c3)c2)(C(=O)O)CC1. The molecule has 1 aliphatic rings. The molecule has 1 saturated carbocycles. The molecule has 0 unspecified atom stereocenters. The summed E-state index contributed by atoms with van der Waals surface area (Å²) < 4.78 is 32.5. The minimum Gasteiger partial charge on any atom is -0.481 e. The largest absolute Gasteiger partial charge is 0.481 e. The van der Waals surface area contributed by atoms with Crippen molar-refractivity contribution in [1.82, 2.24) is 10.3 Å². The molecule has 0 atom stereocenters. The molecule has 0 saturated heterocycles. The number of pyridine rings is 1. The quantitative estimate of drug-likeness (QED) is 0.734. The maximum atomic E-state index is 13.7. The molecule has 0 aliphatic heterocycles. The van der Waals surface area contributed by atoms with Crippen molar-refractivity contribution in [1.29, 1.82) is 0 Å². The molecule has 2 N–H and O–H groups in total. The van der Waals surface area contributed by atoms with Gasteiger partial charge in [0.1, 0.15) is 17.2 Å². The van der Waals surface area contributed by atoms with Crippen molar-refractivity contribution < 1.29 is 28.2 Å². The molecule has 1 heterocycles. The first kappa shape index (κ1) is 21.7. The normalized spacial score (nSPS) is 21.1. The molecule has 2 aromatic rings. The van der Waals surface area contributed by atoms with Gasteiger partial charge in [-0.15, -0.1) is 0 Å². The third-order valence-corrected chi connectivity index (χ3v) is 5.78. The molecule has 0 spiro atoms. The van der Waals surface area contributed by atoms with Crippen LogP contribution in [0.3, 0.4) is 0 Å². The fourth-order valence-corrected chi connectivity index (χ4v) is 3.92. The Morgan fingerprint density at radius 1 is 1.20 bits per heavy atom. The van der Waals surface area contributed by atoms with Gasteiger partial charge >= 0.3 is 5.97 Å². The minimum atomic E-state index is -1.34. The van der Waals surface area contributed by atoms with Gasteiger partial charge in [-0.3, -0.25) is 4.79 Å². The van der Waals surface area contributed by atoms with Gasteiger partial charge < -0.3 is 15.2 Å². The summed E-state index contributed by atoms with van der Waals surface area (Å²) >= 11 is 0. The first-order chi connectivity index (χ1) is 14.3. The second-order valence-corrected chi connectivity index (χ2v) is 7.63. The van der Waals surface area contributed by atoms with E-state index in [9.17, 15) is 23.5 Å². The lowest BCUT2D eigenvalue weighted by atomic mass is 9.75. The van der Waals surface area contributed by atoms with E-state index in [1.54, 1.807) is 0 Å². The van der Waals surface area contributed by atoms with Crippen molar-refractivity contribution in [3.05, 3.63) is 47.7 Å². The monoisotopic (exact) mass is 418 g/mol. The Balaban J connectivity index is 1.92. The predicted octanol–water partition coefficient (Wildman–Crippen LogP) is 4.19. The van der Waals surface area contributed by atoms with Crippen molar-refractivity contribution in [3.63, 3.8) is 0 Å². The summed E-state index contributed by atoms with van der Waals surface area (Å²) in [5.74, 6) is -2.70. The van der Waals surface area contributed by atoms with Gasteiger partial charge in [-0.05, 0) is 55.4 Å². The third kappa shape index (κ3) is 4.42. The van der Waals surface area contributed by atoms with E-state index < -0.39 is 29.0 Å². The molecule has 30 heavy (non-hydrogen) atoms. The van der Waals surface area contributed by atoms with E-state index in [0.717, 1.165) is 37.5 Å². The number of nitrogens with one attached hydrogen (secondary N) is 1. The molecular weight excluding hydrogens is 394 g/mol. The topological polar surface area (TPSA) is 88.5 Å². The van der Waals surface area contributed by atoms with Crippen LogP contribution in [-0.2, 0) is 4.79 Å². The van der Waals surface area contributed by atoms with Crippen LogP contribution in [0.5, 0.6) is 5.88 Å². The lowest BCUT2D eigenvalue weighted by Crippen LogP contribution is -2.56. The summed E-state index contributed by atoms with van der Waals surface area (Å²) in [5, 5.41) is 12.4. The zero-order valence-electron chi connectivity index (χ0n) is 16.9. The number of hydrogen-bond acceptors (Lipinski definition) is 4. The Labute approximate surface area is 173 Å². The minimum absolute atomic E-state index is 0.0775. The second kappa shape index (κ2) is 8.77. The number of ether oxygens (including phenoxy) is 1. The van der Waals surface area contributed by atoms with E-state index in [-0.39, 0.29) is 22.6 Å². The number of carboxylic acids is 1. The zero-order valence-corrected chi connectivity index (χ0v) is 16.9. The van der Waals surface area contributed by atoms with E-state index in [2.05, 4.69) is 17.2 Å². The molecular formula is C22H24F2N2O4. The molecule has 0 radical (unpaired) electrons. The van der Waals surface area contributed by atoms with E-state index in [4.69, 9.17) is 4.74 Å². The van der Waals surface area contributed by atoms with Gasteiger partial charge in [0.05, 0.1) is 12.7 Å². The molecule has 1 aromatic heterocycles. The van der Waals surface area contributed by atoms with E-state index in [1.165, 1.54) is 19.4 Å². The van der Waals surface area contributed by atoms with Crippen LogP contribution in [0.1, 0.15) is 49.4 Å². The third-order valence-electron chi connectivity index (χ3n) is 5.78. The van der Waals surface area contributed by atoms with Crippen LogP contribution in [0.2, 0.25) is 0 Å². The van der Waals surface area contributed by atoms with Crippen molar-refractivity contribution in [2.24, 2.45) is 5.92 Å². The fourth-order valence-electron chi connectivity index (χ4n) is 3.92. The Kier molecular flexibility index (Phi) is 6.34. The maximum absolute atomic E-state index is 13.7. The van der Waals surface area contributed by atoms with Crippen LogP contribution in [-0.4, -0.2) is 34.6 Å². The summed E-state index contributed by atoms with van der Waals surface area (Å²) in [6.45, 7) is 2.07. The number of rotatable bonds is 6. The number of nitrogens with zero attached hydrogens (tertiary/aromatic N) is 1. The highest BCUT2D eigenvalue weighted by Gasteiger charge is 2.43. The standard InChI is InChI=1S/C22H24F2N2O4/c1-3-13-4-6-22(7-5-13,21(28)29)26-19(27)15-10-18(20(30-2)25-12-15)14-8-16(23)11-17(24)9-14/h8-13H,3-7H2,1-2H3,(H,26,27)(H,28,29)/t13-,22-. The Morgan fingerprint density at radius 3 is 2.37 bits per heavy atom. The number of carbonyl (C=O) groups excluding carboxylic acids is 1. The Morgan fingerprint density at radius 2 is 1.83 bits per heavy atom. The van der Waals surface area contributed by atoms with Crippen LogP contribution >= 0.6 is 0 Å². The predicted molar refractivity (Wildman–Crippen MR) is 106 cm³/mol. The van der Waals surface area contributed by atoms with E-state index >= 15 is 0 Å². The number of benzene rings is 1. The van der Waals surface area contributed by atoms with Gasteiger partial charge in [-0.1, -0.05) is 13.3 Å². The van der Waals surface area contributed by atoms with Crippen LogP contribution < -0.4 is 10.1 Å². The van der Waals surface area contributed by atoms with Crippen LogP contribution in [0.25, 0.3) is 11.1 Å². The maximum Gasteiger partial charge on any atom is 0.329 e. The molecule has 3 rings (SSSR count). The van der Waals surface area contributed by atoms with E-state index in [0.29, 0.717) is 18.8 Å². The number of carboxylic acid groups (broad SMARTS) is 1. The number of aromatic nitrogens is 1. The summed E-state index contributed by atoms with van der Waals surface area (Å²) in [5.41, 5.74) is -0.882. The van der Waals surface area contributed by atoms with Gasteiger partial charge in [-0.25, -0.2) is 18.6 Å². The van der Waals surface area contributed by atoms with Crippen LogP contribution in [0, 0.1) is 17.6 Å². The molecule has 1 fully saturated rings. The molecule has 1 amide bonds. The number of methoxy groups -OCH3 is 1. The van der Waals surface area contributed by atoms with Gasteiger partial charge in [0.2, 0.25) is 5.88 Å². The van der Waals surface area contributed by atoms with Gasteiger partial charge in [0.15, 0.2) is 0 Å². The average Bonchev–Trinajstić information content (AvgIpc) is 2.72. The highest BCUT2D eigenvalue weighted by molar-refractivity contribution is 5.98. The van der Waals surface area contributed by atoms with E-state index in [1.807, 2.05) is 0 Å². The summed E-state index contributed by atoms with van der Waals surface area (Å²) in [6, 6.07) is 4.34. The van der Waals surface area contributed by atoms with Crippen molar-refractivity contribution in [2.75, 3.05) is 7.11 Å². The lowest BCUT2D eigenvalue weighted by molar-refractivity contribution is -0.146. The van der Waals surface area contributed by atoms with Crippen LogP contribution in [0.4, 0.5) is 8.78 Å². The number of hydrogen-bond donors (Lipinski definition) is 2. The number of amides is 1. The second-order valence-electron chi connectivity index (χ2n) is 7.63. The van der Waals surface area contributed by atoms with Crippen molar-refractivity contribution in [2.45, 2.75) is 44.6 Å². The lowest BCUT2D eigenvalue weighted by Gasteiger charge is -2.37. The van der Waals surface area contributed by atoms with Crippen molar-refractivity contribution in [3.8, 4) is 17.0 Å². The zero-order chi connectivity index (χ0) is 21.9. The van der Waals surface area contributed by atoms with Crippen molar-refractivity contribution >= 4 is 11.9 Å². The molecule has 1 aliphatic carbocycles. The first-order valence-corrected chi connectivity index (χ1v) is 9.84. The highest BCUT2D eigenvalue weighted by atomic mass is 19.1. The van der Waals surface area contributed by atoms with Gasteiger partial charge in [-0.2, -0.15) is 0 Å². The number of aliphatic carboxylic acids is 1. The summed E-state index contributed by atoms with van der Waals surface area (Å²) in [7, 11) is 1.35. The summed E-state index contributed by atoms with van der Waals surface area (Å²) in [4.78, 5) is 28.9. The molecule has 160 valence electrons. The number of halogens is 2. The average molecular weight is 418 g/mol. The van der Waals surface area contributed by atoms with Gasteiger partial charge in [0, 0.05) is 17.8 Å². The van der Waals surface area contributed by atoms with Crippen LogP contribution in [0.15, 0.2) is 30.5 Å². The smallest absolute Gasteiger partial charge is 0.329 e. The first-order valence-electron chi connectivity index (χ1n) is 9.84. The van der Waals surface area contributed by atoms with Gasteiger partial charge in [0.25, 0.3) is 5.91 Å². The Bertz CT molecular complexity index is 936. The highest BCUT2D eigenvalue weighted by Crippen LogP contribution is 2.35. The fraction of sp³-hybridized carbons (Fsp3) is 0.409. The molecule has 6 nitrogen and oxygen atoms in total. The molecule has 1 aromatic carbocycles. The molecule has 8 heteroatoms.